The van der Waals surface area contributed by atoms with Gasteiger partial charge >= 0.3 is 6.18 Å². The highest BCUT2D eigenvalue weighted by Gasteiger charge is 2.34. The van der Waals surface area contributed by atoms with E-state index in [4.69, 9.17) is 0 Å². The van der Waals surface area contributed by atoms with E-state index in [1.807, 2.05) is 11.4 Å². The SMILES string of the molecule is O=C(c1ccc(F)c(C(F)(F)F)c1)c1cc2sccc2s1. The molecule has 0 atom stereocenters. The number of ketones is 1. The molecule has 0 N–H and O–H groups in total. The lowest BCUT2D eigenvalue weighted by Gasteiger charge is -2.09. The van der Waals surface area contributed by atoms with Crippen molar-refractivity contribution in [3.8, 4) is 0 Å². The normalized spacial score (nSPS) is 12.0. The summed E-state index contributed by atoms with van der Waals surface area (Å²) in [5.41, 5.74) is -1.59. The first-order valence-electron chi connectivity index (χ1n) is 5.75. The van der Waals surface area contributed by atoms with E-state index in [1.54, 1.807) is 6.07 Å². The fourth-order valence-corrected chi connectivity index (χ4v) is 3.97. The lowest BCUT2D eigenvalue weighted by atomic mass is 10.1. The van der Waals surface area contributed by atoms with Crippen LogP contribution in [-0.2, 0) is 6.18 Å². The summed E-state index contributed by atoms with van der Waals surface area (Å²) in [5.74, 6) is -1.92. The molecule has 0 fully saturated rings. The molecule has 0 aliphatic heterocycles. The number of fused-ring (bicyclic) bond motifs is 1. The van der Waals surface area contributed by atoms with E-state index in [0.29, 0.717) is 17.0 Å². The van der Waals surface area contributed by atoms with E-state index in [2.05, 4.69) is 0 Å². The first-order valence-corrected chi connectivity index (χ1v) is 7.44. The predicted octanol–water partition coefficient (Wildman–Crippen LogP) is 5.35. The van der Waals surface area contributed by atoms with Crippen LogP contribution in [0.1, 0.15) is 20.8 Å². The minimum absolute atomic E-state index is 0.169. The minimum atomic E-state index is -4.82. The average Bonchev–Trinajstić information content (AvgIpc) is 2.97. The zero-order valence-corrected chi connectivity index (χ0v) is 11.8. The Kier molecular flexibility index (Phi) is 3.33. The third-order valence-electron chi connectivity index (χ3n) is 2.90. The van der Waals surface area contributed by atoms with Gasteiger partial charge in [0.25, 0.3) is 0 Å². The Morgan fingerprint density at radius 2 is 1.81 bits per heavy atom. The summed E-state index contributed by atoms with van der Waals surface area (Å²) >= 11 is 2.66. The molecule has 0 aliphatic carbocycles. The Morgan fingerprint density at radius 1 is 1.05 bits per heavy atom. The molecule has 0 spiro atoms. The number of benzene rings is 1. The van der Waals surface area contributed by atoms with Crippen molar-refractivity contribution in [2.75, 3.05) is 0 Å². The highest BCUT2D eigenvalue weighted by molar-refractivity contribution is 7.28. The first kappa shape index (κ1) is 14.2. The lowest BCUT2D eigenvalue weighted by molar-refractivity contribution is -0.140. The summed E-state index contributed by atoms with van der Waals surface area (Å²) in [6.07, 6.45) is -4.82. The molecule has 0 amide bonds. The van der Waals surface area contributed by atoms with E-state index in [0.717, 1.165) is 15.5 Å². The third kappa shape index (κ3) is 2.58. The van der Waals surface area contributed by atoms with Crippen molar-refractivity contribution in [1.29, 1.82) is 0 Å². The molecule has 0 saturated heterocycles. The Balaban J connectivity index is 2.03. The molecular formula is C14H6F4OS2. The van der Waals surface area contributed by atoms with Gasteiger partial charge in [-0.1, -0.05) is 0 Å². The predicted molar refractivity (Wildman–Crippen MR) is 74.5 cm³/mol. The van der Waals surface area contributed by atoms with Gasteiger partial charge in [0.2, 0.25) is 5.78 Å². The van der Waals surface area contributed by atoms with E-state index in [-0.39, 0.29) is 5.56 Å². The van der Waals surface area contributed by atoms with Crippen molar-refractivity contribution in [2.24, 2.45) is 0 Å². The summed E-state index contributed by atoms with van der Waals surface area (Å²) in [6.45, 7) is 0. The lowest BCUT2D eigenvalue weighted by Crippen LogP contribution is -2.10. The third-order valence-corrected chi connectivity index (χ3v) is 4.99. The van der Waals surface area contributed by atoms with Gasteiger partial charge in [-0.15, -0.1) is 22.7 Å². The van der Waals surface area contributed by atoms with E-state index in [1.165, 1.54) is 22.7 Å². The molecule has 0 bridgehead atoms. The van der Waals surface area contributed by atoms with Crippen LogP contribution in [0.25, 0.3) is 9.40 Å². The number of halogens is 4. The Bertz CT molecular complexity index is 800. The number of alkyl halides is 3. The van der Waals surface area contributed by atoms with Gasteiger partial charge in [0.05, 0.1) is 10.4 Å². The topological polar surface area (TPSA) is 17.1 Å². The average molecular weight is 330 g/mol. The smallest absolute Gasteiger partial charge is 0.288 e. The molecule has 0 unspecified atom stereocenters. The van der Waals surface area contributed by atoms with Crippen molar-refractivity contribution in [2.45, 2.75) is 6.18 Å². The highest BCUT2D eigenvalue weighted by atomic mass is 32.1. The van der Waals surface area contributed by atoms with Crippen molar-refractivity contribution < 1.29 is 22.4 Å². The van der Waals surface area contributed by atoms with Gasteiger partial charge in [-0.3, -0.25) is 4.79 Å². The first-order chi connectivity index (χ1) is 9.86. The summed E-state index contributed by atoms with van der Waals surface area (Å²) in [5, 5.41) is 1.87. The van der Waals surface area contributed by atoms with Crippen LogP contribution < -0.4 is 0 Å². The van der Waals surface area contributed by atoms with Crippen LogP contribution in [0, 0.1) is 5.82 Å². The Morgan fingerprint density at radius 3 is 2.48 bits per heavy atom. The maximum Gasteiger partial charge on any atom is 0.419 e. The second kappa shape index (κ2) is 4.92. The standard InChI is InChI=1S/C14H6F4OS2/c15-9-2-1-7(5-8(9)14(16,17)18)13(19)12-6-11-10(21-12)3-4-20-11/h1-6H. The van der Waals surface area contributed by atoms with E-state index in [9.17, 15) is 22.4 Å². The van der Waals surface area contributed by atoms with E-state index < -0.39 is 23.3 Å². The molecule has 7 heteroatoms. The van der Waals surface area contributed by atoms with Crippen LogP contribution in [-0.4, -0.2) is 5.78 Å². The second-order valence-corrected chi connectivity index (χ2v) is 6.31. The molecule has 1 nitrogen and oxygen atoms in total. The zero-order chi connectivity index (χ0) is 15.2. The van der Waals surface area contributed by atoms with Gasteiger partial charge in [0.1, 0.15) is 5.82 Å². The molecule has 2 heterocycles. The maximum atomic E-state index is 13.2. The highest BCUT2D eigenvalue weighted by Crippen LogP contribution is 2.34. The molecule has 3 rings (SSSR count). The van der Waals surface area contributed by atoms with Crippen molar-refractivity contribution in [3.63, 3.8) is 0 Å². The summed E-state index contributed by atoms with van der Waals surface area (Å²) < 4.78 is 53.0. The summed E-state index contributed by atoms with van der Waals surface area (Å²) in [7, 11) is 0. The van der Waals surface area contributed by atoms with Crippen LogP contribution in [0.4, 0.5) is 17.6 Å². The molecule has 3 aromatic rings. The number of hydrogen-bond donors (Lipinski definition) is 0. The number of thiophene rings is 2. The van der Waals surface area contributed by atoms with Crippen LogP contribution in [0.15, 0.2) is 35.7 Å². The van der Waals surface area contributed by atoms with Crippen molar-refractivity contribution >= 4 is 37.9 Å². The number of carbonyl (C=O) groups excluding carboxylic acids is 1. The van der Waals surface area contributed by atoms with Gasteiger partial charge in [0.15, 0.2) is 0 Å². The monoisotopic (exact) mass is 330 g/mol. The van der Waals surface area contributed by atoms with Crippen LogP contribution in [0.5, 0.6) is 0 Å². The zero-order valence-electron chi connectivity index (χ0n) is 10.2. The quantitative estimate of drug-likeness (QED) is 0.457. The molecule has 108 valence electrons. The summed E-state index contributed by atoms with van der Waals surface area (Å²) in [4.78, 5) is 12.6. The minimum Gasteiger partial charge on any atom is -0.288 e. The molecule has 2 aromatic heterocycles. The van der Waals surface area contributed by atoms with Gasteiger partial charge in [-0.05, 0) is 35.7 Å². The number of hydrogen-bond acceptors (Lipinski definition) is 3. The van der Waals surface area contributed by atoms with Crippen LogP contribution in [0.3, 0.4) is 0 Å². The van der Waals surface area contributed by atoms with E-state index >= 15 is 0 Å². The molecule has 0 saturated carbocycles. The molecule has 0 radical (unpaired) electrons. The molecule has 21 heavy (non-hydrogen) atoms. The number of rotatable bonds is 2. The second-order valence-electron chi connectivity index (χ2n) is 4.28. The Labute approximate surface area is 124 Å². The largest absolute Gasteiger partial charge is 0.419 e. The molecular weight excluding hydrogens is 324 g/mol. The number of carbonyl (C=O) groups is 1. The Hall–Kier alpha value is -1.73. The van der Waals surface area contributed by atoms with Gasteiger partial charge in [-0.25, -0.2) is 4.39 Å². The summed E-state index contributed by atoms with van der Waals surface area (Å²) in [6, 6.07) is 5.79. The van der Waals surface area contributed by atoms with Crippen molar-refractivity contribution in [3.05, 3.63) is 57.5 Å². The van der Waals surface area contributed by atoms with Gasteiger partial charge < -0.3 is 0 Å². The van der Waals surface area contributed by atoms with Crippen molar-refractivity contribution in [1.82, 2.24) is 0 Å². The maximum absolute atomic E-state index is 13.2. The fraction of sp³-hybridized carbons (Fsp3) is 0.0714. The molecule has 1 aromatic carbocycles. The van der Waals surface area contributed by atoms with Gasteiger partial charge in [-0.2, -0.15) is 13.2 Å². The van der Waals surface area contributed by atoms with Crippen LogP contribution in [0.2, 0.25) is 0 Å². The van der Waals surface area contributed by atoms with Gasteiger partial charge in [0, 0.05) is 15.0 Å². The van der Waals surface area contributed by atoms with Crippen LogP contribution >= 0.6 is 22.7 Å². The molecule has 0 aliphatic rings. The fourth-order valence-electron chi connectivity index (χ4n) is 1.90.